The molecule has 0 spiro atoms. The summed E-state index contributed by atoms with van der Waals surface area (Å²) >= 11 is 2.12. The largest absolute Gasteiger partial charge is 0.502 e. The second-order valence-corrected chi connectivity index (χ2v) is 4.22. The van der Waals surface area contributed by atoms with Crippen LogP contribution >= 0.6 is 11.8 Å². The Labute approximate surface area is 73.2 Å². The third-order valence-corrected chi connectivity index (χ3v) is 3.40. The van der Waals surface area contributed by atoms with Gasteiger partial charge in [-0.1, -0.05) is 6.58 Å². The van der Waals surface area contributed by atoms with Crippen LogP contribution in [0.5, 0.6) is 0 Å². The van der Waals surface area contributed by atoms with E-state index in [1.807, 2.05) is 0 Å². The average Bonchev–Trinajstić information content (AvgIpc) is 2.50. The second-order valence-electron chi connectivity index (χ2n) is 2.81. The van der Waals surface area contributed by atoms with Gasteiger partial charge in [-0.25, -0.2) is 0 Å². The molecule has 0 radical (unpaired) electrons. The average molecular weight is 172 g/mol. The standard InChI is InChI=1S/C9H16OS/c1-2-10-7-3-5-9-6-4-8-11-9/h2,9H,1,3-8H2. The molecule has 0 aromatic carbocycles. The molecule has 64 valence electrons. The summed E-state index contributed by atoms with van der Waals surface area (Å²) in [5.41, 5.74) is 0. The quantitative estimate of drug-likeness (QED) is 0.466. The molecular formula is C9H16OS. The molecular weight excluding hydrogens is 156 g/mol. The minimum atomic E-state index is 0.848. The van der Waals surface area contributed by atoms with Gasteiger partial charge in [0.05, 0.1) is 12.9 Å². The molecule has 1 nitrogen and oxygen atoms in total. The molecule has 0 aromatic rings. The van der Waals surface area contributed by atoms with Gasteiger partial charge < -0.3 is 4.74 Å². The van der Waals surface area contributed by atoms with Gasteiger partial charge in [-0.15, -0.1) is 0 Å². The van der Waals surface area contributed by atoms with E-state index in [1.54, 1.807) is 0 Å². The van der Waals surface area contributed by atoms with Crippen molar-refractivity contribution in [2.45, 2.75) is 30.9 Å². The molecule has 0 saturated carbocycles. The molecule has 0 amide bonds. The van der Waals surface area contributed by atoms with Gasteiger partial charge in [0, 0.05) is 5.25 Å². The summed E-state index contributed by atoms with van der Waals surface area (Å²) in [5, 5.41) is 0.920. The normalized spacial score (nSPS) is 23.5. The molecule has 1 aliphatic heterocycles. The van der Waals surface area contributed by atoms with Crippen molar-refractivity contribution in [1.82, 2.24) is 0 Å². The number of ether oxygens (including phenoxy) is 1. The fourth-order valence-electron chi connectivity index (χ4n) is 1.35. The van der Waals surface area contributed by atoms with Gasteiger partial charge in [0.2, 0.25) is 0 Å². The van der Waals surface area contributed by atoms with Crippen LogP contribution in [-0.4, -0.2) is 17.6 Å². The zero-order chi connectivity index (χ0) is 7.94. The summed E-state index contributed by atoms with van der Waals surface area (Å²) < 4.78 is 5.05. The van der Waals surface area contributed by atoms with E-state index in [1.165, 1.54) is 37.7 Å². The van der Waals surface area contributed by atoms with Crippen molar-refractivity contribution in [3.63, 3.8) is 0 Å². The lowest BCUT2D eigenvalue weighted by molar-refractivity contribution is 0.242. The Balaban J connectivity index is 1.89. The fourth-order valence-corrected chi connectivity index (χ4v) is 2.68. The van der Waals surface area contributed by atoms with Crippen molar-refractivity contribution in [3.05, 3.63) is 12.8 Å². The Morgan fingerprint density at radius 3 is 3.18 bits per heavy atom. The summed E-state index contributed by atoms with van der Waals surface area (Å²) in [6, 6.07) is 0. The Bertz CT molecular complexity index is 108. The summed E-state index contributed by atoms with van der Waals surface area (Å²) in [5.74, 6) is 1.37. The van der Waals surface area contributed by atoms with Crippen LogP contribution in [0.2, 0.25) is 0 Å². The maximum absolute atomic E-state index is 5.05. The van der Waals surface area contributed by atoms with E-state index >= 15 is 0 Å². The number of thioether (sulfide) groups is 1. The molecule has 0 bridgehead atoms. The molecule has 1 aliphatic rings. The van der Waals surface area contributed by atoms with E-state index in [9.17, 15) is 0 Å². The Kier molecular flexibility index (Phi) is 4.51. The highest BCUT2D eigenvalue weighted by Gasteiger charge is 2.14. The predicted molar refractivity (Wildman–Crippen MR) is 50.9 cm³/mol. The van der Waals surface area contributed by atoms with E-state index < -0.39 is 0 Å². The van der Waals surface area contributed by atoms with Crippen LogP contribution in [0.25, 0.3) is 0 Å². The van der Waals surface area contributed by atoms with Crippen molar-refractivity contribution in [3.8, 4) is 0 Å². The highest BCUT2D eigenvalue weighted by molar-refractivity contribution is 8.00. The molecule has 1 unspecified atom stereocenters. The molecule has 1 heterocycles. The van der Waals surface area contributed by atoms with Crippen molar-refractivity contribution >= 4 is 11.8 Å². The summed E-state index contributed by atoms with van der Waals surface area (Å²) in [4.78, 5) is 0. The van der Waals surface area contributed by atoms with Gasteiger partial charge in [-0.3, -0.25) is 0 Å². The van der Waals surface area contributed by atoms with Gasteiger partial charge in [-0.2, -0.15) is 11.8 Å². The first-order valence-electron chi connectivity index (χ1n) is 4.27. The highest BCUT2D eigenvalue weighted by Crippen LogP contribution is 2.29. The molecule has 1 rings (SSSR count). The number of rotatable bonds is 5. The van der Waals surface area contributed by atoms with Gasteiger partial charge >= 0.3 is 0 Å². The van der Waals surface area contributed by atoms with Crippen LogP contribution in [0.4, 0.5) is 0 Å². The molecule has 0 aromatic heterocycles. The van der Waals surface area contributed by atoms with Gasteiger partial charge in [0.1, 0.15) is 0 Å². The van der Waals surface area contributed by atoms with Gasteiger partial charge in [0.25, 0.3) is 0 Å². The lowest BCUT2D eigenvalue weighted by Gasteiger charge is -2.06. The van der Waals surface area contributed by atoms with Crippen molar-refractivity contribution in [2.75, 3.05) is 12.4 Å². The molecule has 1 saturated heterocycles. The Hall–Kier alpha value is -0.110. The van der Waals surface area contributed by atoms with Gasteiger partial charge in [0.15, 0.2) is 0 Å². The van der Waals surface area contributed by atoms with E-state index in [0.717, 1.165) is 11.9 Å². The monoisotopic (exact) mass is 172 g/mol. The maximum Gasteiger partial charge on any atom is 0.0873 e. The van der Waals surface area contributed by atoms with Crippen LogP contribution in [0.3, 0.4) is 0 Å². The zero-order valence-corrected chi connectivity index (χ0v) is 7.74. The van der Waals surface area contributed by atoms with Gasteiger partial charge in [-0.05, 0) is 31.4 Å². The topological polar surface area (TPSA) is 9.23 Å². The molecule has 2 heteroatoms. The third kappa shape index (κ3) is 3.71. The molecule has 0 N–H and O–H groups in total. The Morgan fingerprint density at radius 1 is 1.64 bits per heavy atom. The predicted octanol–water partition coefficient (Wildman–Crippen LogP) is 2.82. The molecule has 1 fully saturated rings. The first kappa shape index (κ1) is 8.98. The first-order chi connectivity index (χ1) is 5.43. The van der Waals surface area contributed by atoms with E-state index in [0.29, 0.717) is 0 Å². The SMILES string of the molecule is C=COCCCC1CCCS1. The lowest BCUT2D eigenvalue weighted by atomic mass is 10.2. The minimum Gasteiger partial charge on any atom is -0.502 e. The Morgan fingerprint density at radius 2 is 2.55 bits per heavy atom. The summed E-state index contributed by atoms with van der Waals surface area (Å²) in [6.45, 7) is 4.35. The van der Waals surface area contributed by atoms with Crippen molar-refractivity contribution in [2.24, 2.45) is 0 Å². The van der Waals surface area contributed by atoms with E-state index in [-0.39, 0.29) is 0 Å². The van der Waals surface area contributed by atoms with E-state index in [4.69, 9.17) is 4.74 Å². The lowest BCUT2D eigenvalue weighted by Crippen LogP contribution is -1.98. The van der Waals surface area contributed by atoms with Crippen molar-refractivity contribution in [1.29, 1.82) is 0 Å². The highest BCUT2D eigenvalue weighted by atomic mass is 32.2. The molecule has 1 atom stereocenters. The molecule has 11 heavy (non-hydrogen) atoms. The minimum absolute atomic E-state index is 0.848. The van der Waals surface area contributed by atoms with Crippen molar-refractivity contribution < 1.29 is 4.74 Å². The third-order valence-electron chi connectivity index (χ3n) is 1.93. The fraction of sp³-hybridized carbons (Fsp3) is 0.778. The number of hydrogen-bond acceptors (Lipinski definition) is 2. The van der Waals surface area contributed by atoms with Crippen LogP contribution in [0.15, 0.2) is 12.8 Å². The summed E-state index contributed by atoms with van der Waals surface area (Å²) in [6.07, 6.45) is 6.86. The van der Waals surface area contributed by atoms with Crippen LogP contribution < -0.4 is 0 Å². The summed E-state index contributed by atoms with van der Waals surface area (Å²) in [7, 11) is 0. The second kappa shape index (κ2) is 5.53. The maximum atomic E-state index is 5.05. The first-order valence-corrected chi connectivity index (χ1v) is 5.32. The number of hydrogen-bond donors (Lipinski definition) is 0. The van der Waals surface area contributed by atoms with Crippen LogP contribution in [0.1, 0.15) is 25.7 Å². The zero-order valence-electron chi connectivity index (χ0n) is 6.92. The molecule has 0 aliphatic carbocycles. The smallest absolute Gasteiger partial charge is 0.0873 e. The van der Waals surface area contributed by atoms with Crippen LogP contribution in [-0.2, 0) is 4.74 Å². The van der Waals surface area contributed by atoms with Crippen LogP contribution in [0, 0.1) is 0 Å². The van der Waals surface area contributed by atoms with E-state index in [2.05, 4.69) is 18.3 Å².